The number of aromatic amines is 1. The van der Waals surface area contributed by atoms with E-state index in [2.05, 4.69) is 22.9 Å². The maximum absolute atomic E-state index is 13.9. The Labute approximate surface area is 156 Å². The Kier molecular flexibility index (Phi) is 4.33. The molecular formula is C22H19FN2O2. The summed E-state index contributed by atoms with van der Waals surface area (Å²) in [6, 6.07) is 12.4. The number of hydrogen-bond donors (Lipinski definition) is 1. The Morgan fingerprint density at radius 3 is 2.89 bits per heavy atom. The monoisotopic (exact) mass is 362 g/mol. The lowest BCUT2D eigenvalue weighted by Crippen LogP contribution is -2.40. The molecule has 136 valence electrons. The molecule has 0 saturated carbocycles. The molecule has 1 aliphatic heterocycles. The zero-order valence-electron chi connectivity index (χ0n) is 15.2. The van der Waals surface area contributed by atoms with Gasteiger partial charge in [0, 0.05) is 23.1 Å². The van der Waals surface area contributed by atoms with Crippen LogP contribution in [0, 0.1) is 17.7 Å². The van der Waals surface area contributed by atoms with E-state index in [1.165, 1.54) is 18.7 Å². The van der Waals surface area contributed by atoms with Crippen molar-refractivity contribution < 1.29 is 13.9 Å². The van der Waals surface area contributed by atoms with E-state index in [-0.39, 0.29) is 17.7 Å². The van der Waals surface area contributed by atoms with Gasteiger partial charge in [-0.25, -0.2) is 4.39 Å². The Morgan fingerprint density at radius 2 is 2.11 bits per heavy atom. The number of benzene rings is 2. The highest BCUT2D eigenvalue weighted by Gasteiger charge is 2.34. The van der Waals surface area contributed by atoms with Crippen molar-refractivity contribution in [3.05, 3.63) is 65.1 Å². The van der Waals surface area contributed by atoms with Gasteiger partial charge in [-0.05, 0) is 48.6 Å². The Bertz CT molecular complexity index is 1090. The number of amides is 1. The molecule has 1 aromatic heterocycles. The molecule has 5 heteroatoms. The van der Waals surface area contributed by atoms with Crippen molar-refractivity contribution in [3.63, 3.8) is 0 Å². The molecule has 0 fully saturated rings. The standard InChI is InChI=1S/C22H19FN2O2/c1-3-6-20(26)25-12-11-16-15-7-4-5-8-18(15)24-21(16)22(25)14-9-10-17(23)19(13-14)27-2/h4-5,7-10,13,22,24H,11-12H2,1-2H3. The lowest BCUT2D eigenvalue weighted by atomic mass is 9.92. The van der Waals surface area contributed by atoms with E-state index < -0.39 is 5.82 Å². The number of fused-ring (bicyclic) bond motifs is 3. The first-order valence-corrected chi connectivity index (χ1v) is 8.80. The summed E-state index contributed by atoms with van der Waals surface area (Å²) < 4.78 is 19.1. The summed E-state index contributed by atoms with van der Waals surface area (Å²) in [7, 11) is 1.43. The average molecular weight is 362 g/mol. The van der Waals surface area contributed by atoms with Gasteiger partial charge in [0.25, 0.3) is 5.91 Å². The lowest BCUT2D eigenvalue weighted by Gasteiger charge is -2.35. The number of nitrogens with one attached hydrogen (secondary N) is 1. The minimum absolute atomic E-state index is 0.157. The minimum Gasteiger partial charge on any atom is -0.494 e. The number of hydrogen-bond acceptors (Lipinski definition) is 2. The van der Waals surface area contributed by atoms with Crippen LogP contribution in [0.3, 0.4) is 0 Å². The summed E-state index contributed by atoms with van der Waals surface area (Å²) in [5, 5.41) is 1.15. The third-order valence-electron chi connectivity index (χ3n) is 5.02. The SMILES string of the molecule is CC#CC(=O)N1CCc2c([nH]c3ccccc23)C1c1ccc(F)c(OC)c1. The third kappa shape index (κ3) is 2.83. The summed E-state index contributed by atoms with van der Waals surface area (Å²) in [6.45, 7) is 2.19. The summed E-state index contributed by atoms with van der Waals surface area (Å²) in [6.07, 6.45) is 0.741. The largest absolute Gasteiger partial charge is 0.494 e. The van der Waals surface area contributed by atoms with E-state index in [4.69, 9.17) is 4.74 Å². The molecule has 2 heterocycles. The van der Waals surface area contributed by atoms with E-state index in [9.17, 15) is 9.18 Å². The zero-order valence-corrected chi connectivity index (χ0v) is 15.2. The van der Waals surface area contributed by atoms with Crippen molar-refractivity contribution in [2.24, 2.45) is 0 Å². The summed E-state index contributed by atoms with van der Waals surface area (Å²) >= 11 is 0. The highest BCUT2D eigenvalue weighted by atomic mass is 19.1. The topological polar surface area (TPSA) is 45.3 Å². The van der Waals surface area contributed by atoms with Gasteiger partial charge in [-0.2, -0.15) is 0 Å². The quantitative estimate of drug-likeness (QED) is 0.705. The molecule has 3 aromatic rings. The van der Waals surface area contributed by atoms with Crippen LogP contribution >= 0.6 is 0 Å². The van der Waals surface area contributed by atoms with Crippen molar-refractivity contribution in [1.82, 2.24) is 9.88 Å². The van der Waals surface area contributed by atoms with Crippen molar-refractivity contribution in [1.29, 1.82) is 0 Å². The first-order valence-electron chi connectivity index (χ1n) is 8.80. The number of carbonyl (C=O) groups is 1. The molecule has 1 atom stereocenters. The molecule has 0 spiro atoms. The summed E-state index contributed by atoms with van der Waals surface area (Å²) in [5.74, 6) is 4.81. The number of nitrogens with zero attached hydrogens (tertiary/aromatic N) is 1. The van der Waals surface area contributed by atoms with E-state index in [0.29, 0.717) is 6.54 Å². The van der Waals surface area contributed by atoms with E-state index >= 15 is 0 Å². The summed E-state index contributed by atoms with van der Waals surface area (Å²) in [4.78, 5) is 17.9. The normalized spacial score (nSPS) is 15.8. The molecule has 1 N–H and O–H groups in total. The Hall–Kier alpha value is -3.26. The second-order valence-electron chi connectivity index (χ2n) is 6.48. The fourth-order valence-electron chi connectivity index (χ4n) is 3.83. The Morgan fingerprint density at radius 1 is 1.30 bits per heavy atom. The molecule has 0 saturated heterocycles. The van der Waals surface area contributed by atoms with Crippen molar-refractivity contribution >= 4 is 16.8 Å². The van der Waals surface area contributed by atoms with Gasteiger partial charge in [-0.1, -0.05) is 30.2 Å². The number of H-pyrrole nitrogens is 1. The van der Waals surface area contributed by atoms with Crippen molar-refractivity contribution in [2.45, 2.75) is 19.4 Å². The highest BCUT2D eigenvalue weighted by Crippen LogP contribution is 2.39. The van der Waals surface area contributed by atoms with Crippen LogP contribution < -0.4 is 4.74 Å². The zero-order chi connectivity index (χ0) is 19.0. The van der Waals surface area contributed by atoms with Gasteiger partial charge >= 0.3 is 0 Å². The molecule has 27 heavy (non-hydrogen) atoms. The number of halogens is 1. The first kappa shape index (κ1) is 17.2. The van der Waals surface area contributed by atoms with Crippen LogP contribution in [0.5, 0.6) is 5.75 Å². The van der Waals surface area contributed by atoms with E-state index in [1.54, 1.807) is 24.0 Å². The minimum atomic E-state index is -0.430. The van der Waals surface area contributed by atoms with Gasteiger partial charge in [0.2, 0.25) is 0 Å². The van der Waals surface area contributed by atoms with Crippen LogP contribution in [-0.4, -0.2) is 29.4 Å². The second-order valence-corrected chi connectivity index (χ2v) is 6.48. The molecule has 0 radical (unpaired) electrons. The van der Waals surface area contributed by atoms with Crippen LogP contribution in [0.25, 0.3) is 10.9 Å². The van der Waals surface area contributed by atoms with Gasteiger partial charge in [0.15, 0.2) is 11.6 Å². The number of methoxy groups -OCH3 is 1. The van der Waals surface area contributed by atoms with Gasteiger partial charge in [-0.3, -0.25) is 4.79 Å². The van der Waals surface area contributed by atoms with Crippen LogP contribution in [-0.2, 0) is 11.2 Å². The fraction of sp³-hybridized carbons (Fsp3) is 0.227. The molecule has 1 amide bonds. The average Bonchev–Trinajstić information content (AvgIpc) is 3.06. The molecule has 2 aromatic carbocycles. The molecule has 0 aliphatic carbocycles. The molecule has 0 bridgehead atoms. The van der Waals surface area contributed by atoms with Gasteiger partial charge < -0.3 is 14.6 Å². The van der Waals surface area contributed by atoms with Crippen LogP contribution in [0.2, 0.25) is 0 Å². The lowest BCUT2D eigenvalue weighted by molar-refractivity contribution is -0.127. The highest BCUT2D eigenvalue weighted by molar-refractivity contribution is 5.95. The van der Waals surface area contributed by atoms with Crippen LogP contribution in [0.1, 0.15) is 29.8 Å². The van der Waals surface area contributed by atoms with Gasteiger partial charge in [0.1, 0.15) is 0 Å². The summed E-state index contributed by atoms with van der Waals surface area (Å²) in [5.41, 5.74) is 3.94. The predicted octanol–water partition coefficient (Wildman–Crippen LogP) is 3.81. The van der Waals surface area contributed by atoms with E-state index in [1.807, 2.05) is 18.2 Å². The molecule has 4 nitrogen and oxygen atoms in total. The number of rotatable bonds is 2. The predicted molar refractivity (Wildman–Crippen MR) is 102 cm³/mol. The first-order chi connectivity index (χ1) is 13.1. The van der Waals surface area contributed by atoms with Crippen LogP contribution in [0.4, 0.5) is 4.39 Å². The van der Waals surface area contributed by atoms with Gasteiger partial charge in [-0.15, -0.1) is 0 Å². The second kappa shape index (κ2) is 6.81. The Balaban J connectivity index is 1.92. The number of carbonyl (C=O) groups excluding carboxylic acids is 1. The van der Waals surface area contributed by atoms with Crippen molar-refractivity contribution in [3.8, 4) is 17.6 Å². The molecular weight excluding hydrogens is 343 g/mol. The molecule has 1 unspecified atom stereocenters. The number of para-hydroxylation sites is 1. The smallest absolute Gasteiger partial charge is 0.299 e. The fourth-order valence-corrected chi connectivity index (χ4v) is 3.83. The number of aromatic nitrogens is 1. The van der Waals surface area contributed by atoms with Gasteiger partial charge in [0.05, 0.1) is 13.2 Å². The van der Waals surface area contributed by atoms with E-state index in [0.717, 1.165) is 28.6 Å². The maximum atomic E-state index is 13.9. The van der Waals surface area contributed by atoms with Crippen molar-refractivity contribution in [2.75, 3.05) is 13.7 Å². The van der Waals surface area contributed by atoms with Crippen LogP contribution in [0.15, 0.2) is 42.5 Å². The molecule has 1 aliphatic rings. The maximum Gasteiger partial charge on any atom is 0.299 e. The third-order valence-corrected chi connectivity index (χ3v) is 5.02. The number of ether oxygens (including phenoxy) is 1. The molecule has 4 rings (SSSR count).